The summed E-state index contributed by atoms with van der Waals surface area (Å²) in [6.07, 6.45) is 2.19. The molecule has 0 aliphatic carbocycles. The van der Waals surface area contributed by atoms with Crippen molar-refractivity contribution in [1.82, 2.24) is 9.88 Å². The van der Waals surface area contributed by atoms with Gasteiger partial charge in [-0.05, 0) is 47.0 Å². The number of halogens is 1. The van der Waals surface area contributed by atoms with Gasteiger partial charge in [-0.2, -0.15) is 0 Å². The van der Waals surface area contributed by atoms with Crippen molar-refractivity contribution in [2.75, 3.05) is 0 Å². The van der Waals surface area contributed by atoms with E-state index in [1.165, 1.54) is 22.0 Å². The van der Waals surface area contributed by atoms with Gasteiger partial charge < -0.3 is 15.0 Å². The third kappa shape index (κ3) is 4.50. The van der Waals surface area contributed by atoms with Gasteiger partial charge in [0.2, 0.25) is 0 Å². The van der Waals surface area contributed by atoms with Gasteiger partial charge in [0.1, 0.15) is 0 Å². The van der Waals surface area contributed by atoms with Crippen molar-refractivity contribution in [2.45, 2.75) is 19.6 Å². The highest BCUT2D eigenvalue weighted by atomic mass is 35.5. The fourth-order valence-electron chi connectivity index (χ4n) is 3.49. The lowest BCUT2D eigenvalue weighted by atomic mass is 10.1. The smallest absolute Gasteiger partial charge is 0.335 e. The molecule has 0 saturated carbocycles. The van der Waals surface area contributed by atoms with Crippen LogP contribution < -0.4 is 5.32 Å². The standard InChI is InChI=1S/C24H21ClN2O2/c25-21-11-7-18(8-12-21)15-27-16-20(22-3-1-2-4-23(22)27)14-26-13-17-5-9-19(10-6-17)24(28)29/h1-12,16,26H,13-15H2,(H,28,29). The molecule has 5 heteroatoms. The second-order valence-electron chi connectivity index (χ2n) is 7.03. The van der Waals surface area contributed by atoms with Gasteiger partial charge in [0.25, 0.3) is 0 Å². The quantitative estimate of drug-likeness (QED) is 0.437. The summed E-state index contributed by atoms with van der Waals surface area (Å²) in [6, 6.07) is 23.3. The normalized spacial score (nSPS) is 11.1. The summed E-state index contributed by atoms with van der Waals surface area (Å²) in [5.41, 5.74) is 4.99. The maximum absolute atomic E-state index is 11.0. The number of carboxylic acid groups (broad SMARTS) is 1. The second kappa shape index (κ2) is 8.52. The summed E-state index contributed by atoms with van der Waals surface area (Å²) in [5, 5.41) is 14.4. The number of fused-ring (bicyclic) bond motifs is 1. The van der Waals surface area contributed by atoms with E-state index in [4.69, 9.17) is 16.7 Å². The minimum absolute atomic E-state index is 0.305. The molecule has 0 saturated heterocycles. The third-order valence-electron chi connectivity index (χ3n) is 4.98. The lowest BCUT2D eigenvalue weighted by molar-refractivity contribution is 0.0697. The predicted octanol–water partition coefficient (Wildman–Crippen LogP) is 5.33. The van der Waals surface area contributed by atoms with Gasteiger partial charge in [0.05, 0.1) is 5.56 Å². The van der Waals surface area contributed by atoms with Gasteiger partial charge >= 0.3 is 5.97 Å². The van der Waals surface area contributed by atoms with Crippen LogP contribution in [0.25, 0.3) is 10.9 Å². The SMILES string of the molecule is O=C(O)c1ccc(CNCc2cn(Cc3ccc(Cl)cc3)c3ccccc23)cc1. The summed E-state index contributed by atoms with van der Waals surface area (Å²) < 4.78 is 2.26. The van der Waals surface area contributed by atoms with Crippen molar-refractivity contribution in [2.24, 2.45) is 0 Å². The molecule has 29 heavy (non-hydrogen) atoms. The molecule has 1 aromatic heterocycles. The molecular weight excluding hydrogens is 384 g/mol. The molecule has 1 heterocycles. The summed E-state index contributed by atoms with van der Waals surface area (Å²) in [4.78, 5) is 11.0. The molecule has 0 aliphatic rings. The maximum atomic E-state index is 11.0. The molecule has 0 unspecified atom stereocenters. The highest BCUT2D eigenvalue weighted by Crippen LogP contribution is 2.23. The lowest BCUT2D eigenvalue weighted by Gasteiger charge is -2.06. The Morgan fingerprint density at radius 3 is 2.31 bits per heavy atom. The van der Waals surface area contributed by atoms with Crippen LogP contribution in [0.5, 0.6) is 0 Å². The Bertz CT molecular complexity index is 1130. The molecule has 0 spiro atoms. The van der Waals surface area contributed by atoms with E-state index in [-0.39, 0.29) is 0 Å². The van der Waals surface area contributed by atoms with Gasteiger partial charge in [0, 0.05) is 41.8 Å². The average molecular weight is 405 g/mol. The zero-order valence-corrected chi connectivity index (χ0v) is 16.6. The molecule has 0 fully saturated rings. The number of nitrogens with zero attached hydrogens (tertiary/aromatic N) is 1. The molecule has 3 aromatic carbocycles. The Morgan fingerprint density at radius 2 is 1.59 bits per heavy atom. The largest absolute Gasteiger partial charge is 0.478 e. The molecule has 0 aliphatic heterocycles. The predicted molar refractivity (Wildman–Crippen MR) is 116 cm³/mol. The number of rotatable bonds is 7. The molecule has 146 valence electrons. The molecule has 4 aromatic rings. The number of carbonyl (C=O) groups is 1. The van der Waals surface area contributed by atoms with Crippen molar-refractivity contribution in [3.63, 3.8) is 0 Å². The molecule has 4 rings (SSSR count). The van der Waals surface area contributed by atoms with Crippen molar-refractivity contribution in [3.8, 4) is 0 Å². The molecule has 0 amide bonds. The monoisotopic (exact) mass is 404 g/mol. The number of para-hydroxylation sites is 1. The van der Waals surface area contributed by atoms with E-state index in [1.54, 1.807) is 12.1 Å². The van der Waals surface area contributed by atoms with Gasteiger partial charge in [-0.1, -0.05) is 54.1 Å². The van der Waals surface area contributed by atoms with Crippen LogP contribution in [-0.2, 0) is 19.6 Å². The van der Waals surface area contributed by atoms with Crippen molar-refractivity contribution >= 4 is 28.5 Å². The fraction of sp³-hybridized carbons (Fsp3) is 0.125. The first-order chi connectivity index (χ1) is 14.1. The highest BCUT2D eigenvalue weighted by molar-refractivity contribution is 6.30. The maximum Gasteiger partial charge on any atom is 0.335 e. The summed E-state index contributed by atoms with van der Waals surface area (Å²) >= 11 is 6.00. The lowest BCUT2D eigenvalue weighted by Crippen LogP contribution is -2.12. The second-order valence-corrected chi connectivity index (χ2v) is 7.47. The van der Waals surface area contributed by atoms with Crippen molar-refractivity contribution < 1.29 is 9.90 Å². The Labute approximate surface area is 174 Å². The molecule has 0 bridgehead atoms. The van der Waals surface area contributed by atoms with Crippen LogP contribution in [0, 0.1) is 0 Å². The summed E-state index contributed by atoms with van der Waals surface area (Å²) in [5.74, 6) is -0.905. The number of nitrogens with one attached hydrogen (secondary N) is 1. The van der Waals surface area contributed by atoms with Gasteiger partial charge in [-0.25, -0.2) is 4.79 Å². The van der Waals surface area contributed by atoms with E-state index in [2.05, 4.69) is 52.5 Å². The Hall–Kier alpha value is -3.08. The average Bonchev–Trinajstić information content (AvgIpc) is 3.08. The van der Waals surface area contributed by atoms with Crippen LogP contribution in [-0.4, -0.2) is 15.6 Å². The number of carboxylic acids is 1. The highest BCUT2D eigenvalue weighted by Gasteiger charge is 2.09. The summed E-state index contributed by atoms with van der Waals surface area (Å²) in [6.45, 7) is 2.19. The number of hydrogen-bond acceptors (Lipinski definition) is 2. The Balaban J connectivity index is 1.48. The number of aromatic nitrogens is 1. The first kappa shape index (κ1) is 19.2. The molecular formula is C24H21ClN2O2. The van der Waals surface area contributed by atoms with Crippen molar-refractivity contribution in [1.29, 1.82) is 0 Å². The zero-order chi connectivity index (χ0) is 20.2. The number of hydrogen-bond donors (Lipinski definition) is 2. The van der Waals surface area contributed by atoms with E-state index in [9.17, 15) is 4.79 Å². The number of aromatic carboxylic acids is 1. The number of benzene rings is 3. The first-order valence-electron chi connectivity index (χ1n) is 9.44. The fourth-order valence-corrected chi connectivity index (χ4v) is 3.61. The zero-order valence-electron chi connectivity index (χ0n) is 15.8. The van der Waals surface area contributed by atoms with E-state index in [0.29, 0.717) is 12.1 Å². The minimum atomic E-state index is -0.905. The van der Waals surface area contributed by atoms with E-state index >= 15 is 0 Å². The van der Waals surface area contributed by atoms with Gasteiger partial charge in [0.15, 0.2) is 0 Å². The van der Waals surface area contributed by atoms with Crippen molar-refractivity contribution in [3.05, 3.63) is 106 Å². The van der Waals surface area contributed by atoms with E-state index in [1.807, 2.05) is 24.3 Å². The topological polar surface area (TPSA) is 54.3 Å². The van der Waals surface area contributed by atoms with Crippen LogP contribution in [0.1, 0.15) is 27.0 Å². The minimum Gasteiger partial charge on any atom is -0.478 e. The van der Waals surface area contributed by atoms with Crippen LogP contribution in [0.4, 0.5) is 0 Å². The van der Waals surface area contributed by atoms with Crippen LogP contribution in [0.2, 0.25) is 5.02 Å². The van der Waals surface area contributed by atoms with Crippen LogP contribution in [0.3, 0.4) is 0 Å². The first-order valence-corrected chi connectivity index (χ1v) is 9.82. The van der Waals surface area contributed by atoms with E-state index in [0.717, 1.165) is 23.7 Å². The Morgan fingerprint density at radius 1 is 0.897 bits per heavy atom. The Kier molecular flexibility index (Phi) is 5.65. The van der Waals surface area contributed by atoms with E-state index < -0.39 is 5.97 Å². The summed E-state index contributed by atoms with van der Waals surface area (Å²) in [7, 11) is 0. The molecule has 0 atom stereocenters. The molecule has 4 nitrogen and oxygen atoms in total. The van der Waals surface area contributed by atoms with Gasteiger partial charge in [-0.3, -0.25) is 0 Å². The molecule has 0 radical (unpaired) electrons. The third-order valence-corrected chi connectivity index (χ3v) is 5.23. The molecule has 2 N–H and O–H groups in total. The van der Waals surface area contributed by atoms with Crippen LogP contribution >= 0.6 is 11.6 Å². The van der Waals surface area contributed by atoms with Crippen LogP contribution in [0.15, 0.2) is 79.0 Å². The van der Waals surface area contributed by atoms with Gasteiger partial charge in [-0.15, -0.1) is 0 Å².